The lowest BCUT2D eigenvalue weighted by Gasteiger charge is -2.35. The minimum atomic E-state index is -0.575. The summed E-state index contributed by atoms with van der Waals surface area (Å²) in [6.07, 6.45) is 8.27. The first kappa shape index (κ1) is 18.3. The molecule has 152 valence electrons. The molecule has 7 heteroatoms. The zero-order valence-corrected chi connectivity index (χ0v) is 16.0. The second kappa shape index (κ2) is 6.95. The molecule has 5 atom stereocenters. The van der Waals surface area contributed by atoms with Crippen LogP contribution >= 0.6 is 0 Å². The highest BCUT2D eigenvalue weighted by Gasteiger charge is 2.62. The fourth-order valence-corrected chi connectivity index (χ4v) is 5.40. The van der Waals surface area contributed by atoms with Gasteiger partial charge >= 0.3 is 5.97 Å². The van der Waals surface area contributed by atoms with Crippen molar-refractivity contribution in [1.82, 2.24) is 0 Å². The molecular weight excluding hydrogens is 352 g/mol. The van der Waals surface area contributed by atoms with E-state index in [-0.39, 0.29) is 12.1 Å². The third-order valence-corrected chi connectivity index (χ3v) is 6.66. The van der Waals surface area contributed by atoms with Crippen LogP contribution in [0.1, 0.15) is 71.1 Å². The lowest BCUT2D eigenvalue weighted by atomic mass is 9.94. The highest BCUT2D eigenvalue weighted by atomic mass is 16.9. The molecule has 2 spiro atoms. The zero-order valence-electron chi connectivity index (χ0n) is 16.0. The highest BCUT2D eigenvalue weighted by Crippen LogP contribution is 2.48. The number of carbonyl (C=O) groups excluding carboxylic acids is 1. The molecule has 0 amide bonds. The Morgan fingerprint density at radius 3 is 2.19 bits per heavy atom. The lowest BCUT2D eigenvalue weighted by molar-refractivity contribution is -0.261. The quantitative estimate of drug-likeness (QED) is 0.680. The van der Waals surface area contributed by atoms with Crippen molar-refractivity contribution in [3.63, 3.8) is 0 Å². The number of rotatable bonds is 2. The van der Waals surface area contributed by atoms with Crippen LogP contribution in [0.2, 0.25) is 0 Å². The molecule has 5 fully saturated rings. The van der Waals surface area contributed by atoms with Crippen LogP contribution < -0.4 is 0 Å². The topological polar surface area (TPSA) is 72.5 Å². The van der Waals surface area contributed by atoms with Gasteiger partial charge in [-0.1, -0.05) is 12.8 Å². The maximum absolute atomic E-state index is 11.8. The Labute approximate surface area is 159 Å². The van der Waals surface area contributed by atoms with Crippen molar-refractivity contribution >= 4 is 5.97 Å². The Morgan fingerprint density at radius 2 is 1.52 bits per heavy atom. The zero-order chi connectivity index (χ0) is 18.5. The SMILES string of the molecule is CC(=O)O[C@@H]1[C@@H]2OC3(CCCCC3)O[C@@H]2O[C@@H]1[C@H]1COC2(CCCCC2)O1. The average molecular weight is 382 g/mol. The molecule has 0 unspecified atom stereocenters. The van der Waals surface area contributed by atoms with Crippen LogP contribution in [0.25, 0.3) is 0 Å². The van der Waals surface area contributed by atoms with E-state index in [0.717, 1.165) is 51.4 Å². The summed E-state index contributed by atoms with van der Waals surface area (Å²) in [7, 11) is 0. The van der Waals surface area contributed by atoms with E-state index >= 15 is 0 Å². The van der Waals surface area contributed by atoms with Crippen molar-refractivity contribution in [2.75, 3.05) is 6.61 Å². The molecule has 3 aliphatic heterocycles. The van der Waals surface area contributed by atoms with E-state index in [2.05, 4.69) is 0 Å². The summed E-state index contributed by atoms with van der Waals surface area (Å²) in [4.78, 5) is 11.8. The minimum absolute atomic E-state index is 0.271. The summed E-state index contributed by atoms with van der Waals surface area (Å²) in [5.41, 5.74) is 0. The van der Waals surface area contributed by atoms with Gasteiger partial charge < -0.3 is 28.4 Å². The molecule has 0 aromatic carbocycles. The molecule has 27 heavy (non-hydrogen) atoms. The predicted molar refractivity (Wildman–Crippen MR) is 92.6 cm³/mol. The van der Waals surface area contributed by atoms with Crippen LogP contribution in [0, 0.1) is 0 Å². The van der Waals surface area contributed by atoms with Gasteiger partial charge in [0.05, 0.1) is 6.61 Å². The van der Waals surface area contributed by atoms with Crippen molar-refractivity contribution in [2.45, 2.75) is 113 Å². The second-order valence-corrected chi connectivity index (χ2v) is 8.65. The molecule has 0 radical (unpaired) electrons. The Kier molecular flexibility index (Phi) is 4.71. The summed E-state index contributed by atoms with van der Waals surface area (Å²) < 4.78 is 36.8. The van der Waals surface area contributed by atoms with Gasteiger partial charge in [-0.15, -0.1) is 0 Å². The molecule has 0 N–H and O–H groups in total. The summed E-state index contributed by atoms with van der Waals surface area (Å²) in [6.45, 7) is 1.87. The summed E-state index contributed by atoms with van der Waals surface area (Å²) >= 11 is 0. The van der Waals surface area contributed by atoms with Crippen molar-refractivity contribution < 1.29 is 33.2 Å². The molecule has 0 bridgehead atoms. The molecule has 5 aliphatic rings. The maximum atomic E-state index is 11.8. The standard InChI is InChI=1S/C20H30O7/c1-13(21)23-16-15(14-12-22-19(25-14)8-4-2-5-9-19)24-18-17(16)26-20(27-18)10-6-3-7-11-20/h14-18H,2-12H2,1H3/t14-,15-,16+,17+,18+/m1/s1. The third-order valence-electron chi connectivity index (χ3n) is 6.66. The van der Waals surface area contributed by atoms with E-state index in [4.69, 9.17) is 28.4 Å². The van der Waals surface area contributed by atoms with Gasteiger partial charge in [0.1, 0.15) is 12.2 Å². The second-order valence-electron chi connectivity index (χ2n) is 8.65. The van der Waals surface area contributed by atoms with Gasteiger partial charge in [-0.2, -0.15) is 0 Å². The number of hydrogen-bond acceptors (Lipinski definition) is 7. The van der Waals surface area contributed by atoms with Gasteiger partial charge in [0, 0.05) is 32.6 Å². The van der Waals surface area contributed by atoms with Gasteiger partial charge in [0.2, 0.25) is 0 Å². The monoisotopic (exact) mass is 382 g/mol. The predicted octanol–water partition coefficient (Wildman–Crippen LogP) is 2.79. The smallest absolute Gasteiger partial charge is 0.303 e. The summed E-state index contributed by atoms with van der Waals surface area (Å²) in [5.74, 6) is -1.40. The van der Waals surface area contributed by atoms with Crippen LogP contribution in [-0.4, -0.2) is 54.9 Å². The molecule has 2 aliphatic carbocycles. The first-order valence-corrected chi connectivity index (χ1v) is 10.6. The van der Waals surface area contributed by atoms with E-state index in [1.807, 2.05) is 0 Å². The van der Waals surface area contributed by atoms with E-state index in [1.54, 1.807) is 0 Å². The Balaban J connectivity index is 1.31. The molecule has 0 aromatic rings. The lowest BCUT2D eigenvalue weighted by Crippen LogP contribution is -2.46. The number of carbonyl (C=O) groups is 1. The summed E-state index contributed by atoms with van der Waals surface area (Å²) in [5, 5.41) is 0. The highest BCUT2D eigenvalue weighted by molar-refractivity contribution is 5.66. The number of esters is 1. The molecule has 3 heterocycles. The van der Waals surface area contributed by atoms with Gasteiger partial charge in [0.15, 0.2) is 30.1 Å². The van der Waals surface area contributed by atoms with Crippen molar-refractivity contribution in [3.05, 3.63) is 0 Å². The normalized spacial score (nSPS) is 42.5. The van der Waals surface area contributed by atoms with Crippen LogP contribution in [-0.2, 0) is 33.2 Å². The Bertz CT molecular complexity index is 567. The van der Waals surface area contributed by atoms with Gasteiger partial charge in [-0.25, -0.2) is 0 Å². The van der Waals surface area contributed by atoms with Crippen LogP contribution in [0.4, 0.5) is 0 Å². The van der Waals surface area contributed by atoms with Gasteiger partial charge in [-0.3, -0.25) is 4.79 Å². The van der Waals surface area contributed by atoms with Crippen molar-refractivity contribution in [1.29, 1.82) is 0 Å². The van der Waals surface area contributed by atoms with E-state index in [1.165, 1.54) is 19.8 Å². The number of hydrogen-bond donors (Lipinski definition) is 0. The third kappa shape index (κ3) is 3.31. The van der Waals surface area contributed by atoms with E-state index in [0.29, 0.717) is 6.61 Å². The fraction of sp³-hybridized carbons (Fsp3) is 0.950. The van der Waals surface area contributed by atoms with E-state index in [9.17, 15) is 4.79 Å². The van der Waals surface area contributed by atoms with E-state index < -0.39 is 36.2 Å². The average Bonchev–Trinajstić information content (AvgIpc) is 3.29. The molecule has 2 saturated carbocycles. The van der Waals surface area contributed by atoms with Crippen LogP contribution in [0.5, 0.6) is 0 Å². The first-order valence-electron chi connectivity index (χ1n) is 10.6. The largest absolute Gasteiger partial charge is 0.457 e. The molecular formula is C20H30O7. The first-order chi connectivity index (χ1) is 13.1. The molecule has 0 aromatic heterocycles. The number of ether oxygens (including phenoxy) is 6. The minimum Gasteiger partial charge on any atom is -0.457 e. The van der Waals surface area contributed by atoms with Crippen molar-refractivity contribution in [3.8, 4) is 0 Å². The Morgan fingerprint density at radius 1 is 0.852 bits per heavy atom. The van der Waals surface area contributed by atoms with Gasteiger partial charge in [-0.05, 0) is 25.7 Å². The summed E-state index contributed by atoms with van der Waals surface area (Å²) in [6, 6.07) is 0. The van der Waals surface area contributed by atoms with Gasteiger partial charge in [0.25, 0.3) is 0 Å². The maximum Gasteiger partial charge on any atom is 0.303 e. The molecule has 3 saturated heterocycles. The molecule has 5 rings (SSSR count). The van der Waals surface area contributed by atoms with Crippen LogP contribution in [0.15, 0.2) is 0 Å². The Hall–Kier alpha value is -0.730. The van der Waals surface area contributed by atoms with Crippen molar-refractivity contribution in [2.24, 2.45) is 0 Å². The molecule has 7 nitrogen and oxygen atoms in total. The fourth-order valence-electron chi connectivity index (χ4n) is 5.40. The number of fused-ring (bicyclic) bond motifs is 1. The van der Waals surface area contributed by atoms with Crippen LogP contribution in [0.3, 0.4) is 0 Å².